The van der Waals surface area contributed by atoms with E-state index in [0.29, 0.717) is 17.9 Å². The minimum atomic E-state index is -0.365. The van der Waals surface area contributed by atoms with Crippen molar-refractivity contribution in [3.05, 3.63) is 35.9 Å². The van der Waals surface area contributed by atoms with Crippen LogP contribution in [0.1, 0.15) is 50.5 Å². The number of piperidine rings is 1. The molecule has 4 saturated carbocycles. The standard InChI is InChI=1S/C23H35N3O/c24-23(7-4-8-25-15-23)20(11-16-5-2-1-3-6-16)26-21-18-9-17-10-19(21)14-22(27,12-17)13-18/h1-3,5-6,17-21,25-27H,4,7-15,24H2. The van der Waals surface area contributed by atoms with Crippen LogP contribution in [0.15, 0.2) is 30.3 Å². The molecule has 4 unspecified atom stereocenters. The molecule has 4 nitrogen and oxygen atoms in total. The fraction of sp³-hybridized carbons (Fsp3) is 0.739. The van der Waals surface area contributed by atoms with Gasteiger partial charge < -0.3 is 21.5 Å². The lowest BCUT2D eigenvalue weighted by atomic mass is 9.52. The molecule has 4 atom stereocenters. The zero-order chi connectivity index (χ0) is 18.5. The topological polar surface area (TPSA) is 70.3 Å². The first-order chi connectivity index (χ1) is 13.0. The van der Waals surface area contributed by atoms with E-state index in [2.05, 4.69) is 41.0 Å². The molecular formula is C23H35N3O. The minimum Gasteiger partial charge on any atom is -0.390 e. The summed E-state index contributed by atoms with van der Waals surface area (Å²) >= 11 is 0. The lowest BCUT2D eigenvalue weighted by Crippen LogP contribution is -2.70. The zero-order valence-corrected chi connectivity index (χ0v) is 16.4. The molecule has 5 fully saturated rings. The highest BCUT2D eigenvalue weighted by Gasteiger charge is 2.55. The van der Waals surface area contributed by atoms with Crippen LogP contribution in [0.2, 0.25) is 0 Å². The second-order valence-electron chi connectivity index (χ2n) is 10.1. The molecule has 0 amide bonds. The number of benzene rings is 1. The second-order valence-corrected chi connectivity index (χ2v) is 10.1. The predicted molar refractivity (Wildman–Crippen MR) is 108 cm³/mol. The third kappa shape index (κ3) is 3.46. The van der Waals surface area contributed by atoms with Crippen molar-refractivity contribution in [1.29, 1.82) is 0 Å². The van der Waals surface area contributed by atoms with E-state index in [1.165, 1.54) is 18.4 Å². The van der Waals surface area contributed by atoms with E-state index in [9.17, 15) is 5.11 Å². The van der Waals surface area contributed by atoms with E-state index >= 15 is 0 Å². The Labute approximate surface area is 163 Å². The van der Waals surface area contributed by atoms with Gasteiger partial charge in [0.2, 0.25) is 0 Å². The Morgan fingerprint density at radius 1 is 1.15 bits per heavy atom. The van der Waals surface area contributed by atoms with Gasteiger partial charge in [-0.15, -0.1) is 0 Å². The van der Waals surface area contributed by atoms with Crippen LogP contribution in [0.4, 0.5) is 0 Å². The monoisotopic (exact) mass is 369 g/mol. The minimum absolute atomic E-state index is 0.195. The summed E-state index contributed by atoms with van der Waals surface area (Å²) in [6, 6.07) is 11.6. The molecule has 4 aliphatic carbocycles. The maximum Gasteiger partial charge on any atom is 0.0657 e. The Morgan fingerprint density at radius 3 is 2.52 bits per heavy atom. The van der Waals surface area contributed by atoms with Gasteiger partial charge in [-0.3, -0.25) is 0 Å². The lowest BCUT2D eigenvalue weighted by Gasteiger charge is -2.59. The lowest BCUT2D eigenvalue weighted by molar-refractivity contribution is -0.141. The summed E-state index contributed by atoms with van der Waals surface area (Å²) in [6.07, 6.45) is 8.85. The molecule has 0 radical (unpaired) electrons. The van der Waals surface area contributed by atoms with Crippen molar-refractivity contribution in [2.24, 2.45) is 23.5 Å². The van der Waals surface area contributed by atoms with E-state index in [-0.39, 0.29) is 17.2 Å². The summed E-state index contributed by atoms with van der Waals surface area (Å²) < 4.78 is 0. The predicted octanol–water partition coefficient (Wildman–Crippen LogP) is 2.21. The van der Waals surface area contributed by atoms with Crippen molar-refractivity contribution in [3.63, 3.8) is 0 Å². The van der Waals surface area contributed by atoms with Crippen molar-refractivity contribution in [2.45, 2.75) is 74.6 Å². The molecule has 1 heterocycles. The fourth-order valence-electron chi connectivity index (χ4n) is 7.01. The first-order valence-electron chi connectivity index (χ1n) is 11.1. The quantitative estimate of drug-likeness (QED) is 0.642. The molecule has 1 aromatic carbocycles. The Bertz CT molecular complexity index is 641. The van der Waals surface area contributed by atoms with E-state index in [4.69, 9.17) is 5.73 Å². The summed E-state index contributed by atoms with van der Waals surface area (Å²) in [6.45, 7) is 1.98. The first kappa shape index (κ1) is 18.1. The van der Waals surface area contributed by atoms with E-state index in [0.717, 1.165) is 57.5 Å². The van der Waals surface area contributed by atoms with E-state index in [1.807, 2.05) is 0 Å². The average molecular weight is 370 g/mol. The van der Waals surface area contributed by atoms with Crippen molar-refractivity contribution in [1.82, 2.24) is 10.6 Å². The number of nitrogens with one attached hydrogen (secondary N) is 2. The summed E-state index contributed by atoms with van der Waals surface area (Å²) in [5, 5.41) is 18.6. The van der Waals surface area contributed by atoms with Gasteiger partial charge in [0.1, 0.15) is 0 Å². The van der Waals surface area contributed by atoms with Gasteiger partial charge in [0.15, 0.2) is 0 Å². The highest BCUT2D eigenvalue weighted by molar-refractivity contribution is 5.19. The fourth-order valence-corrected chi connectivity index (χ4v) is 7.01. The number of hydrogen-bond acceptors (Lipinski definition) is 4. The van der Waals surface area contributed by atoms with Gasteiger partial charge in [0, 0.05) is 24.2 Å². The van der Waals surface area contributed by atoms with Crippen LogP contribution in [-0.2, 0) is 6.42 Å². The van der Waals surface area contributed by atoms with Crippen LogP contribution in [0.3, 0.4) is 0 Å². The van der Waals surface area contributed by atoms with Crippen LogP contribution in [0.25, 0.3) is 0 Å². The maximum atomic E-state index is 10.9. The third-order valence-electron chi connectivity index (χ3n) is 8.06. The number of rotatable bonds is 5. The summed E-state index contributed by atoms with van der Waals surface area (Å²) in [5.74, 6) is 2.00. The summed E-state index contributed by atoms with van der Waals surface area (Å²) in [7, 11) is 0. The zero-order valence-electron chi connectivity index (χ0n) is 16.4. The van der Waals surface area contributed by atoms with Gasteiger partial charge in [-0.05, 0) is 81.2 Å². The summed E-state index contributed by atoms with van der Waals surface area (Å²) in [4.78, 5) is 0. The average Bonchev–Trinajstić information content (AvgIpc) is 2.64. The first-order valence-corrected chi connectivity index (χ1v) is 11.1. The number of nitrogens with two attached hydrogens (primary N) is 1. The molecular weight excluding hydrogens is 334 g/mol. The molecule has 27 heavy (non-hydrogen) atoms. The highest BCUT2D eigenvalue weighted by atomic mass is 16.3. The Morgan fingerprint density at radius 2 is 1.89 bits per heavy atom. The van der Waals surface area contributed by atoms with Crippen LogP contribution in [0, 0.1) is 17.8 Å². The molecule has 148 valence electrons. The molecule has 4 heteroatoms. The summed E-state index contributed by atoms with van der Waals surface area (Å²) in [5.41, 5.74) is 7.82. The van der Waals surface area contributed by atoms with Gasteiger partial charge in [-0.25, -0.2) is 0 Å². The second kappa shape index (κ2) is 6.84. The van der Waals surface area contributed by atoms with Crippen LogP contribution in [-0.4, -0.2) is 41.4 Å². The van der Waals surface area contributed by atoms with E-state index < -0.39 is 0 Å². The van der Waals surface area contributed by atoms with Crippen molar-refractivity contribution < 1.29 is 5.11 Å². The highest BCUT2D eigenvalue weighted by Crippen LogP contribution is 2.55. The van der Waals surface area contributed by atoms with Crippen molar-refractivity contribution >= 4 is 0 Å². The third-order valence-corrected chi connectivity index (χ3v) is 8.06. The van der Waals surface area contributed by atoms with Crippen LogP contribution < -0.4 is 16.4 Å². The van der Waals surface area contributed by atoms with Gasteiger partial charge >= 0.3 is 0 Å². The van der Waals surface area contributed by atoms with Gasteiger partial charge in [0.25, 0.3) is 0 Å². The van der Waals surface area contributed by atoms with Crippen LogP contribution >= 0.6 is 0 Å². The Hall–Kier alpha value is -0.940. The largest absolute Gasteiger partial charge is 0.390 e. The van der Waals surface area contributed by atoms with Gasteiger partial charge in [-0.2, -0.15) is 0 Å². The molecule has 0 aromatic heterocycles. The molecule has 0 spiro atoms. The number of aliphatic hydroxyl groups is 1. The molecule has 1 aromatic rings. The molecule has 1 saturated heterocycles. The smallest absolute Gasteiger partial charge is 0.0657 e. The molecule has 1 aliphatic heterocycles. The molecule has 5 N–H and O–H groups in total. The van der Waals surface area contributed by atoms with Crippen molar-refractivity contribution in [2.75, 3.05) is 13.1 Å². The van der Waals surface area contributed by atoms with Gasteiger partial charge in [-0.1, -0.05) is 30.3 Å². The Balaban J connectivity index is 1.38. The van der Waals surface area contributed by atoms with E-state index in [1.54, 1.807) is 0 Å². The number of hydrogen-bond donors (Lipinski definition) is 4. The Kier molecular flexibility index (Phi) is 4.59. The van der Waals surface area contributed by atoms with Gasteiger partial charge in [0.05, 0.1) is 5.60 Å². The molecule has 6 rings (SSSR count). The normalized spacial score (nSPS) is 44.4. The SMILES string of the molecule is NC1(C(Cc2ccccc2)NC2C3CC4CC2CC(O)(C4)C3)CCCNC1. The van der Waals surface area contributed by atoms with Crippen molar-refractivity contribution in [3.8, 4) is 0 Å². The molecule has 4 bridgehead atoms. The maximum absolute atomic E-state index is 10.9. The molecule has 5 aliphatic rings. The van der Waals surface area contributed by atoms with Crippen LogP contribution in [0.5, 0.6) is 0 Å².